The number of methoxy groups -OCH3 is 1. The molecule has 0 saturated heterocycles. The van der Waals surface area contributed by atoms with Crippen LogP contribution in [0, 0.1) is 5.41 Å². The van der Waals surface area contributed by atoms with Gasteiger partial charge in [-0.2, -0.15) is 0 Å². The molecule has 0 fully saturated rings. The summed E-state index contributed by atoms with van der Waals surface area (Å²) in [6, 6.07) is 11.8. The van der Waals surface area contributed by atoms with E-state index in [0.717, 1.165) is 59.3 Å². The van der Waals surface area contributed by atoms with Crippen LogP contribution in [0.5, 0.6) is 5.75 Å². The minimum absolute atomic E-state index is 0.306. The molecule has 0 unspecified atom stereocenters. The Labute approximate surface area is 166 Å². The molecule has 2 aromatic carbocycles. The maximum absolute atomic E-state index is 6.18. The summed E-state index contributed by atoms with van der Waals surface area (Å²) in [5.41, 5.74) is 3.22. The van der Waals surface area contributed by atoms with Crippen molar-refractivity contribution in [2.24, 2.45) is 5.41 Å². The van der Waals surface area contributed by atoms with Crippen molar-refractivity contribution in [2.45, 2.75) is 27.2 Å². The van der Waals surface area contributed by atoms with Crippen molar-refractivity contribution >= 4 is 39.1 Å². The quantitative estimate of drug-likeness (QED) is 0.417. The van der Waals surface area contributed by atoms with Gasteiger partial charge in [0, 0.05) is 22.3 Å². The van der Waals surface area contributed by atoms with Crippen LogP contribution < -0.4 is 15.4 Å². The van der Waals surface area contributed by atoms with E-state index in [-0.39, 0.29) is 0 Å². The van der Waals surface area contributed by atoms with Crippen molar-refractivity contribution in [3.63, 3.8) is 0 Å². The molecule has 1 heterocycles. The molecule has 0 bridgehead atoms. The summed E-state index contributed by atoms with van der Waals surface area (Å²) in [4.78, 5) is 4.77. The third-order valence-electron chi connectivity index (χ3n) is 4.43. The zero-order valence-corrected chi connectivity index (χ0v) is 17.3. The molecule has 0 atom stereocenters. The van der Waals surface area contributed by atoms with Crippen molar-refractivity contribution in [1.29, 1.82) is 0 Å². The van der Waals surface area contributed by atoms with Crippen molar-refractivity contribution < 1.29 is 4.74 Å². The Bertz CT molecular complexity index is 934. The number of rotatable bonds is 7. The van der Waals surface area contributed by atoms with Crippen LogP contribution >= 0.6 is 11.6 Å². The lowest BCUT2D eigenvalue weighted by Gasteiger charge is -2.19. The fourth-order valence-corrected chi connectivity index (χ4v) is 3.27. The highest BCUT2D eigenvalue weighted by molar-refractivity contribution is 6.31. The summed E-state index contributed by atoms with van der Waals surface area (Å²) in [5, 5.41) is 9.97. The molecule has 0 radical (unpaired) electrons. The van der Waals surface area contributed by atoms with Gasteiger partial charge in [-0.15, -0.1) is 0 Å². The van der Waals surface area contributed by atoms with Gasteiger partial charge in [0.05, 0.1) is 23.8 Å². The number of anilines is 1. The summed E-state index contributed by atoms with van der Waals surface area (Å²) in [6.07, 6.45) is 1.04. The molecule has 1 aromatic heterocycles. The topological polar surface area (TPSA) is 46.2 Å². The third-order valence-corrected chi connectivity index (χ3v) is 4.67. The van der Waals surface area contributed by atoms with Crippen LogP contribution in [0.4, 0.5) is 5.69 Å². The van der Waals surface area contributed by atoms with Crippen LogP contribution in [0.3, 0.4) is 0 Å². The van der Waals surface area contributed by atoms with Crippen LogP contribution in [-0.2, 0) is 0 Å². The lowest BCUT2D eigenvalue weighted by Crippen LogP contribution is -2.28. The Morgan fingerprint density at radius 2 is 1.81 bits per heavy atom. The normalized spacial score (nSPS) is 11.9. The molecule has 0 spiro atoms. The maximum Gasteiger partial charge on any atom is 0.119 e. The average Bonchev–Trinajstić information content (AvgIpc) is 2.62. The lowest BCUT2D eigenvalue weighted by atomic mass is 9.97. The van der Waals surface area contributed by atoms with E-state index < -0.39 is 0 Å². The van der Waals surface area contributed by atoms with Crippen molar-refractivity contribution in [1.82, 2.24) is 10.3 Å². The summed E-state index contributed by atoms with van der Waals surface area (Å²) in [7, 11) is 1.68. The van der Waals surface area contributed by atoms with Crippen LogP contribution in [0.25, 0.3) is 21.8 Å². The number of nitrogens with zero attached hydrogens (tertiary/aromatic N) is 1. The molecule has 27 heavy (non-hydrogen) atoms. The van der Waals surface area contributed by atoms with Crippen LogP contribution in [0.1, 0.15) is 27.2 Å². The zero-order valence-electron chi connectivity index (χ0n) is 16.5. The summed E-state index contributed by atoms with van der Waals surface area (Å²) < 4.78 is 5.41. The number of halogens is 1. The largest absolute Gasteiger partial charge is 0.497 e. The Morgan fingerprint density at radius 3 is 2.56 bits per heavy atom. The second kappa shape index (κ2) is 8.32. The molecule has 0 amide bonds. The molecule has 2 N–H and O–H groups in total. The van der Waals surface area contributed by atoms with E-state index in [9.17, 15) is 0 Å². The first-order valence-electron chi connectivity index (χ1n) is 9.39. The van der Waals surface area contributed by atoms with E-state index in [1.807, 2.05) is 36.4 Å². The molecule has 0 aliphatic heterocycles. The first-order chi connectivity index (χ1) is 12.9. The van der Waals surface area contributed by atoms with E-state index >= 15 is 0 Å². The smallest absolute Gasteiger partial charge is 0.119 e. The third kappa shape index (κ3) is 5.02. The zero-order chi connectivity index (χ0) is 19.4. The molecule has 0 saturated carbocycles. The Balaban J connectivity index is 1.84. The van der Waals surface area contributed by atoms with Crippen LogP contribution in [-0.4, -0.2) is 31.7 Å². The number of aromatic nitrogens is 1. The lowest BCUT2D eigenvalue weighted by molar-refractivity contribution is 0.380. The standard InChI is InChI=1S/C22H28ClN3O/c1-22(2,3)14-24-10-5-11-25-21-17-8-6-15(23)12-20(17)26-19-9-7-16(27-4)13-18(19)21/h6-9,12-13,24H,5,10-11,14H2,1-4H3,(H,25,26). The van der Waals surface area contributed by atoms with Gasteiger partial charge in [-0.25, -0.2) is 4.98 Å². The number of hydrogen-bond donors (Lipinski definition) is 2. The maximum atomic E-state index is 6.18. The van der Waals surface area contributed by atoms with Crippen LogP contribution in [0.2, 0.25) is 5.02 Å². The van der Waals surface area contributed by atoms with Gasteiger partial charge >= 0.3 is 0 Å². The SMILES string of the molecule is COc1ccc2nc3cc(Cl)ccc3c(NCCCNCC(C)(C)C)c2c1. The van der Waals surface area contributed by atoms with Gasteiger partial charge in [0.15, 0.2) is 0 Å². The average molecular weight is 386 g/mol. The minimum atomic E-state index is 0.306. The summed E-state index contributed by atoms with van der Waals surface area (Å²) >= 11 is 6.18. The molecule has 0 aliphatic rings. The van der Waals surface area contributed by atoms with Gasteiger partial charge in [0.2, 0.25) is 0 Å². The Hall–Kier alpha value is -2.04. The number of ether oxygens (including phenoxy) is 1. The van der Waals surface area contributed by atoms with Crippen molar-refractivity contribution in [3.05, 3.63) is 41.4 Å². The number of hydrogen-bond acceptors (Lipinski definition) is 4. The Kier molecular flexibility index (Phi) is 6.08. The summed E-state index contributed by atoms with van der Waals surface area (Å²) in [6.45, 7) is 9.61. The second-order valence-electron chi connectivity index (χ2n) is 8.05. The van der Waals surface area contributed by atoms with Crippen LogP contribution in [0.15, 0.2) is 36.4 Å². The predicted molar refractivity (Wildman–Crippen MR) is 116 cm³/mol. The molecule has 0 aliphatic carbocycles. The predicted octanol–water partition coefficient (Wildman–Crippen LogP) is 5.49. The fraction of sp³-hybridized carbons (Fsp3) is 0.409. The molecular formula is C22H28ClN3O. The van der Waals surface area contributed by atoms with E-state index in [1.54, 1.807) is 7.11 Å². The second-order valence-corrected chi connectivity index (χ2v) is 8.49. The summed E-state index contributed by atoms with van der Waals surface area (Å²) in [5.74, 6) is 0.826. The first-order valence-corrected chi connectivity index (χ1v) is 9.77. The minimum Gasteiger partial charge on any atom is -0.497 e. The van der Waals surface area contributed by atoms with Gasteiger partial charge in [-0.05, 0) is 61.3 Å². The number of nitrogens with one attached hydrogen (secondary N) is 2. The molecule has 5 heteroatoms. The van der Waals surface area contributed by atoms with E-state index in [2.05, 4.69) is 31.4 Å². The molecule has 3 rings (SSSR count). The van der Waals surface area contributed by atoms with Crippen molar-refractivity contribution in [2.75, 3.05) is 32.1 Å². The van der Waals surface area contributed by atoms with E-state index in [1.165, 1.54) is 0 Å². The van der Waals surface area contributed by atoms with Gasteiger partial charge in [-0.1, -0.05) is 32.4 Å². The highest BCUT2D eigenvalue weighted by atomic mass is 35.5. The first kappa shape index (κ1) is 19.7. The van der Waals surface area contributed by atoms with Gasteiger partial charge in [-0.3, -0.25) is 0 Å². The highest BCUT2D eigenvalue weighted by Gasteiger charge is 2.11. The van der Waals surface area contributed by atoms with Gasteiger partial charge < -0.3 is 15.4 Å². The molecule has 144 valence electrons. The number of fused-ring (bicyclic) bond motifs is 2. The number of pyridine rings is 1. The van der Waals surface area contributed by atoms with E-state index in [0.29, 0.717) is 10.4 Å². The monoisotopic (exact) mass is 385 g/mol. The number of benzene rings is 2. The highest BCUT2D eigenvalue weighted by Crippen LogP contribution is 2.34. The van der Waals surface area contributed by atoms with E-state index in [4.69, 9.17) is 21.3 Å². The fourth-order valence-electron chi connectivity index (χ4n) is 3.10. The Morgan fingerprint density at radius 1 is 1.00 bits per heavy atom. The van der Waals surface area contributed by atoms with Crippen molar-refractivity contribution in [3.8, 4) is 5.75 Å². The molecular weight excluding hydrogens is 358 g/mol. The van der Waals surface area contributed by atoms with Gasteiger partial charge in [0.1, 0.15) is 5.75 Å². The molecule has 4 nitrogen and oxygen atoms in total. The molecule has 3 aromatic rings. The van der Waals surface area contributed by atoms with Gasteiger partial charge in [0.25, 0.3) is 0 Å².